The molecular formula is C13H18N4. The minimum atomic E-state index is 0.542. The van der Waals surface area contributed by atoms with E-state index in [1.54, 1.807) is 6.20 Å². The van der Waals surface area contributed by atoms with Crippen molar-refractivity contribution in [1.29, 1.82) is 0 Å². The number of anilines is 1. The summed E-state index contributed by atoms with van der Waals surface area (Å²) in [5, 5.41) is 13.7. The minimum absolute atomic E-state index is 0.542. The topological polar surface area (TPSA) is 63.8 Å². The van der Waals surface area contributed by atoms with Crippen molar-refractivity contribution >= 4 is 16.6 Å². The van der Waals surface area contributed by atoms with Crippen molar-refractivity contribution in [2.75, 3.05) is 18.4 Å². The molecule has 17 heavy (non-hydrogen) atoms. The highest BCUT2D eigenvalue weighted by Crippen LogP contribution is 2.19. The number of nitrogens with one attached hydrogen (secondary N) is 1. The molecule has 0 aliphatic carbocycles. The Hall–Kier alpha value is -1.68. The second-order valence-electron chi connectivity index (χ2n) is 4.34. The molecule has 2 rings (SSSR count). The predicted molar refractivity (Wildman–Crippen MR) is 70.9 cm³/mol. The van der Waals surface area contributed by atoms with Gasteiger partial charge in [0, 0.05) is 17.3 Å². The van der Waals surface area contributed by atoms with Gasteiger partial charge in [-0.2, -0.15) is 5.10 Å². The monoisotopic (exact) mass is 230 g/mol. The summed E-state index contributed by atoms with van der Waals surface area (Å²) in [6, 6.07) is 8.11. The zero-order valence-corrected chi connectivity index (χ0v) is 10.1. The van der Waals surface area contributed by atoms with Gasteiger partial charge < -0.3 is 11.1 Å². The van der Waals surface area contributed by atoms with Crippen LogP contribution in [-0.4, -0.2) is 23.3 Å². The lowest BCUT2D eigenvalue weighted by atomic mass is 10.1. The van der Waals surface area contributed by atoms with Gasteiger partial charge in [-0.05, 0) is 18.9 Å². The largest absolute Gasteiger partial charge is 0.368 e. The predicted octanol–water partition coefficient (Wildman–Crippen LogP) is 2.03. The van der Waals surface area contributed by atoms with Crippen LogP contribution in [0.5, 0.6) is 0 Å². The fraction of sp³-hybridized carbons (Fsp3) is 0.385. The van der Waals surface area contributed by atoms with Crippen molar-refractivity contribution in [1.82, 2.24) is 10.2 Å². The van der Waals surface area contributed by atoms with E-state index >= 15 is 0 Å². The third-order valence-electron chi connectivity index (χ3n) is 2.85. The Balaban J connectivity index is 2.13. The smallest absolute Gasteiger partial charge is 0.156 e. The maximum Gasteiger partial charge on any atom is 0.156 e. The van der Waals surface area contributed by atoms with Crippen molar-refractivity contribution in [3.8, 4) is 0 Å². The molecule has 1 aromatic carbocycles. The van der Waals surface area contributed by atoms with Crippen LogP contribution in [-0.2, 0) is 0 Å². The molecule has 0 bridgehead atoms. The van der Waals surface area contributed by atoms with Gasteiger partial charge in [-0.1, -0.05) is 31.2 Å². The molecule has 0 saturated heterocycles. The second kappa shape index (κ2) is 5.59. The van der Waals surface area contributed by atoms with Crippen molar-refractivity contribution in [2.24, 2.45) is 11.7 Å². The maximum absolute atomic E-state index is 5.53. The Morgan fingerprint density at radius 1 is 1.35 bits per heavy atom. The minimum Gasteiger partial charge on any atom is -0.368 e. The number of nitrogens with zero attached hydrogens (tertiary/aromatic N) is 2. The number of nitrogens with two attached hydrogens (primary N) is 1. The summed E-state index contributed by atoms with van der Waals surface area (Å²) in [6.07, 6.45) is 2.80. The zero-order chi connectivity index (χ0) is 12.1. The number of benzene rings is 1. The van der Waals surface area contributed by atoms with Crippen LogP contribution in [0.3, 0.4) is 0 Å². The fourth-order valence-electron chi connectivity index (χ4n) is 1.82. The van der Waals surface area contributed by atoms with Crippen molar-refractivity contribution in [3.63, 3.8) is 0 Å². The maximum atomic E-state index is 5.53. The number of aromatic nitrogens is 2. The van der Waals surface area contributed by atoms with Gasteiger partial charge in [0.1, 0.15) is 0 Å². The third kappa shape index (κ3) is 2.91. The van der Waals surface area contributed by atoms with Crippen molar-refractivity contribution in [2.45, 2.75) is 13.3 Å². The van der Waals surface area contributed by atoms with Gasteiger partial charge >= 0.3 is 0 Å². The highest BCUT2D eigenvalue weighted by atomic mass is 15.2. The van der Waals surface area contributed by atoms with Crippen molar-refractivity contribution in [3.05, 3.63) is 30.5 Å². The van der Waals surface area contributed by atoms with Gasteiger partial charge in [0.15, 0.2) is 5.82 Å². The first-order valence-electron chi connectivity index (χ1n) is 5.95. The van der Waals surface area contributed by atoms with Gasteiger partial charge in [-0.15, -0.1) is 5.10 Å². The van der Waals surface area contributed by atoms with E-state index in [2.05, 4.69) is 28.5 Å². The average molecular weight is 230 g/mol. The lowest BCUT2D eigenvalue weighted by Crippen LogP contribution is -2.16. The molecule has 4 heteroatoms. The molecule has 0 fully saturated rings. The summed E-state index contributed by atoms with van der Waals surface area (Å²) in [5.41, 5.74) is 5.53. The zero-order valence-electron chi connectivity index (χ0n) is 10.1. The summed E-state index contributed by atoms with van der Waals surface area (Å²) in [7, 11) is 0. The summed E-state index contributed by atoms with van der Waals surface area (Å²) >= 11 is 0. The van der Waals surface area contributed by atoms with E-state index in [4.69, 9.17) is 5.73 Å². The van der Waals surface area contributed by atoms with Crippen LogP contribution in [0, 0.1) is 5.92 Å². The third-order valence-corrected chi connectivity index (χ3v) is 2.85. The van der Waals surface area contributed by atoms with E-state index in [1.807, 2.05) is 18.2 Å². The molecule has 4 nitrogen and oxygen atoms in total. The quantitative estimate of drug-likeness (QED) is 0.825. The molecule has 0 spiro atoms. The molecule has 1 heterocycles. The molecule has 2 aromatic rings. The van der Waals surface area contributed by atoms with Crippen LogP contribution in [0.1, 0.15) is 13.3 Å². The molecular weight excluding hydrogens is 212 g/mol. The van der Waals surface area contributed by atoms with E-state index < -0.39 is 0 Å². The highest BCUT2D eigenvalue weighted by molar-refractivity contribution is 5.90. The molecule has 3 N–H and O–H groups in total. The summed E-state index contributed by atoms with van der Waals surface area (Å²) < 4.78 is 0. The Morgan fingerprint density at radius 2 is 2.18 bits per heavy atom. The van der Waals surface area contributed by atoms with Crippen LogP contribution in [0.25, 0.3) is 10.8 Å². The molecule has 1 unspecified atom stereocenters. The highest BCUT2D eigenvalue weighted by Gasteiger charge is 2.04. The first-order valence-corrected chi connectivity index (χ1v) is 5.95. The van der Waals surface area contributed by atoms with Gasteiger partial charge in [-0.25, -0.2) is 0 Å². The summed E-state index contributed by atoms with van der Waals surface area (Å²) in [6.45, 7) is 3.78. The molecule has 0 radical (unpaired) electrons. The molecule has 1 atom stereocenters. The van der Waals surface area contributed by atoms with Gasteiger partial charge in [0.05, 0.1) is 6.20 Å². The van der Waals surface area contributed by atoms with E-state index in [9.17, 15) is 0 Å². The van der Waals surface area contributed by atoms with Crippen LogP contribution in [0.15, 0.2) is 30.5 Å². The standard InChI is InChI=1S/C13H18N4/c1-10(6-7-14)8-15-13-12-5-3-2-4-11(12)9-16-17-13/h2-5,9-10H,6-8,14H2,1H3,(H,15,17). The van der Waals surface area contributed by atoms with Crippen molar-refractivity contribution < 1.29 is 0 Å². The molecule has 1 aromatic heterocycles. The van der Waals surface area contributed by atoms with Gasteiger partial charge in [-0.3, -0.25) is 0 Å². The Morgan fingerprint density at radius 3 is 3.00 bits per heavy atom. The van der Waals surface area contributed by atoms with Crippen LogP contribution in [0.2, 0.25) is 0 Å². The van der Waals surface area contributed by atoms with Crippen LogP contribution in [0.4, 0.5) is 5.82 Å². The Bertz CT molecular complexity index is 478. The lowest BCUT2D eigenvalue weighted by molar-refractivity contribution is 0.567. The molecule has 90 valence electrons. The number of hydrogen-bond donors (Lipinski definition) is 2. The first-order chi connectivity index (χ1) is 8.31. The Labute approximate surface area is 101 Å². The van der Waals surface area contributed by atoms with E-state index in [0.717, 1.165) is 36.1 Å². The van der Waals surface area contributed by atoms with Crippen LogP contribution >= 0.6 is 0 Å². The number of hydrogen-bond acceptors (Lipinski definition) is 4. The average Bonchev–Trinajstić information content (AvgIpc) is 2.36. The SMILES string of the molecule is CC(CCN)CNc1nncc2ccccc12. The van der Waals surface area contributed by atoms with Gasteiger partial charge in [0.2, 0.25) is 0 Å². The van der Waals surface area contributed by atoms with E-state index in [-0.39, 0.29) is 0 Å². The number of fused-ring (bicyclic) bond motifs is 1. The van der Waals surface area contributed by atoms with Gasteiger partial charge in [0.25, 0.3) is 0 Å². The molecule has 0 aliphatic rings. The van der Waals surface area contributed by atoms with Crippen LogP contribution < -0.4 is 11.1 Å². The Kier molecular flexibility index (Phi) is 3.88. The van der Waals surface area contributed by atoms with E-state index in [1.165, 1.54) is 0 Å². The summed E-state index contributed by atoms with van der Waals surface area (Å²) in [4.78, 5) is 0. The molecule has 0 amide bonds. The second-order valence-corrected chi connectivity index (χ2v) is 4.34. The molecule has 0 aliphatic heterocycles. The normalized spacial score (nSPS) is 12.6. The lowest BCUT2D eigenvalue weighted by Gasteiger charge is -2.12. The first kappa shape index (κ1) is 11.8. The fourth-order valence-corrected chi connectivity index (χ4v) is 1.82. The summed E-state index contributed by atoms with van der Waals surface area (Å²) in [5.74, 6) is 1.40. The van der Waals surface area contributed by atoms with E-state index in [0.29, 0.717) is 5.92 Å². The number of rotatable bonds is 5. The molecule has 0 saturated carbocycles.